The van der Waals surface area contributed by atoms with E-state index in [4.69, 9.17) is 19.3 Å². The van der Waals surface area contributed by atoms with E-state index >= 15 is 0 Å². The quantitative estimate of drug-likeness (QED) is 0.514. The smallest absolute Gasteiger partial charge is 0.231 e. The molecule has 5 nitrogen and oxygen atoms in total. The Kier molecular flexibility index (Phi) is 8.02. The molecule has 4 rings (SSSR count). The maximum absolute atomic E-state index is 13.4. The van der Waals surface area contributed by atoms with E-state index < -0.39 is 0 Å². The average Bonchev–Trinajstić information content (AvgIpc) is 3.28. The van der Waals surface area contributed by atoms with Crippen LogP contribution >= 0.6 is 0 Å². The summed E-state index contributed by atoms with van der Waals surface area (Å²) in [5, 5.41) is 12.4. The number of unbranched alkanes of at least 4 members (excludes halogenated alkanes) is 3. The van der Waals surface area contributed by atoms with Crippen LogP contribution in [-0.2, 0) is 0 Å². The van der Waals surface area contributed by atoms with E-state index in [1.165, 1.54) is 12.1 Å². The van der Waals surface area contributed by atoms with Crippen LogP contribution in [0.4, 0.5) is 4.39 Å². The molecule has 172 valence electrons. The van der Waals surface area contributed by atoms with Gasteiger partial charge in [-0.3, -0.25) is 0 Å². The van der Waals surface area contributed by atoms with Crippen LogP contribution in [0.1, 0.15) is 49.1 Å². The molecule has 0 spiro atoms. The highest BCUT2D eigenvalue weighted by Crippen LogP contribution is 2.39. The lowest BCUT2D eigenvalue weighted by Gasteiger charge is -2.32. The first-order chi connectivity index (χ1) is 15.7. The van der Waals surface area contributed by atoms with Gasteiger partial charge in [0.15, 0.2) is 11.5 Å². The molecule has 1 fully saturated rings. The standard InChI is InChI=1S/C26H32FNO4/c27-22-9-7-19(8-10-22)23-11-12-28-16-21(23)17-30-24-15-26-25(31-18-32-26)14-20(24)6-4-2-1-3-5-13-29/h4,6-10,14-15,21,23,28-29H,1-3,5,11-13,16-18H2/b6-4+/t21?,23-/m0/s1. The minimum atomic E-state index is -0.205. The zero-order valence-corrected chi connectivity index (χ0v) is 18.4. The number of halogens is 1. The molecule has 2 aliphatic rings. The van der Waals surface area contributed by atoms with Crippen LogP contribution in [0.2, 0.25) is 0 Å². The van der Waals surface area contributed by atoms with Gasteiger partial charge in [-0.05, 0) is 61.9 Å². The highest BCUT2D eigenvalue weighted by molar-refractivity contribution is 5.64. The van der Waals surface area contributed by atoms with Crippen molar-refractivity contribution >= 4 is 6.08 Å². The molecule has 0 saturated carbocycles. The van der Waals surface area contributed by atoms with Crippen molar-refractivity contribution in [1.29, 1.82) is 0 Å². The monoisotopic (exact) mass is 441 g/mol. The van der Waals surface area contributed by atoms with Crippen molar-refractivity contribution in [2.45, 2.75) is 38.0 Å². The second kappa shape index (κ2) is 11.3. The van der Waals surface area contributed by atoms with Crippen LogP contribution in [0.25, 0.3) is 6.08 Å². The van der Waals surface area contributed by atoms with Gasteiger partial charge < -0.3 is 24.6 Å². The molecule has 0 radical (unpaired) electrons. The van der Waals surface area contributed by atoms with Gasteiger partial charge in [0.25, 0.3) is 0 Å². The summed E-state index contributed by atoms with van der Waals surface area (Å²) in [6, 6.07) is 10.7. The van der Waals surface area contributed by atoms with Crippen molar-refractivity contribution in [3.8, 4) is 17.2 Å². The summed E-state index contributed by atoms with van der Waals surface area (Å²) in [6.45, 7) is 2.85. The molecule has 2 atom stereocenters. The third kappa shape index (κ3) is 5.81. The molecule has 2 aromatic carbocycles. The maximum Gasteiger partial charge on any atom is 0.231 e. The molecule has 6 heteroatoms. The predicted octanol–water partition coefficient (Wildman–Crippen LogP) is 4.89. The summed E-state index contributed by atoms with van der Waals surface area (Å²) in [4.78, 5) is 0. The summed E-state index contributed by atoms with van der Waals surface area (Å²) >= 11 is 0. The number of allylic oxidation sites excluding steroid dienone is 1. The van der Waals surface area contributed by atoms with Gasteiger partial charge in [-0.25, -0.2) is 4.39 Å². The fourth-order valence-corrected chi connectivity index (χ4v) is 4.40. The van der Waals surface area contributed by atoms with Gasteiger partial charge in [0.1, 0.15) is 11.6 Å². The number of hydrogen-bond donors (Lipinski definition) is 2. The number of rotatable bonds is 10. The average molecular weight is 442 g/mol. The highest BCUT2D eigenvalue weighted by Gasteiger charge is 2.27. The Morgan fingerprint density at radius 3 is 2.72 bits per heavy atom. The van der Waals surface area contributed by atoms with E-state index in [9.17, 15) is 4.39 Å². The van der Waals surface area contributed by atoms with Crippen molar-refractivity contribution in [3.05, 3.63) is 59.4 Å². The molecule has 2 aliphatic heterocycles. The lowest BCUT2D eigenvalue weighted by molar-refractivity contribution is 0.173. The SMILES string of the molecule is OCCCCC/C=C/c1cc2c(cc1OCC1CNCC[C@H]1c1ccc(F)cc1)OCO2. The van der Waals surface area contributed by atoms with Crippen LogP contribution in [0.3, 0.4) is 0 Å². The van der Waals surface area contributed by atoms with Crippen LogP contribution in [-0.4, -0.2) is 38.2 Å². The van der Waals surface area contributed by atoms with Crippen molar-refractivity contribution in [3.63, 3.8) is 0 Å². The molecule has 2 heterocycles. The minimum absolute atomic E-state index is 0.205. The number of nitrogens with one attached hydrogen (secondary N) is 1. The fraction of sp³-hybridized carbons (Fsp3) is 0.462. The second-order valence-corrected chi connectivity index (χ2v) is 8.44. The molecule has 0 aromatic heterocycles. The Labute approximate surface area is 189 Å². The first kappa shape index (κ1) is 22.6. The topological polar surface area (TPSA) is 60.0 Å². The summed E-state index contributed by atoms with van der Waals surface area (Å²) in [5.74, 6) is 2.64. The number of piperidine rings is 1. The Balaban J connectivity index is 1.45. The molecule has 0 aliphatic carbocycles. The number of aliphatic hydroxyl groups excluding tert-OH is 1. The van der Waals surface area contributed by atoms with Crippen molar-refractivity contribution < 1.29 is 23.7 Å². The number of hydrogen-bond acceptors (Lipinski definition) is 5. The van der Waals surface area contributed by atoms with Gasteiger partial charge in [-0.1, -0.05) is 30.7 Å². The zero-order chi connectivity index (χ0) is 22.2. The summed E-state index contributed by atoms with van der Waals surface area (Å²) in [5.41, 5.74) is 2.13. The van der Waals surface area contributed by atoms with Crippen molar-refractivity contribution in [2.75, 3.05) is 33.1 Å². The third-order valence-corrected chi connectivity index (χ3v) is 6.19. The van der Waals surface area contributed by atoms with Gasteiger partial charge in [-0.2, -0.15) is 0 Å². The molecule has 2 N–H and O–H groups in total. The Hall–Kier alpha value is -2.57. The molecule has 0 amide bonds. The number of ether oxygens (including phenoxy) is 3. The van der Waals surface area contributed by atoms with E-state index in [1.54, 1.807) is 0 Å². The zero-order valence-electron chi connectivity index (χ0n) is 18.4. The van der Waals surface area contributed by atoms with Gasteiger partial charge >= 0.3 is 0 Å². The van der Waals surface area contributed by atoms with Gasteiger partial charge in [-0.15, -0.1) is 0 Å². The first-order valence-electron chi connectivity index (χ1n) is 11.5. The van der Waals surface area contributed by atoms with Crippen LogP contribution in [0.5, 0.6) is 17.2 Å². The van der Waals surface area contributed by atoms with Crippen LogP contribution in [0.15, 0.2) is 42.5 Å². The van der Waals surface area contributed by atoms with Crippen LogP contribution in [0, 0.1) is 11.7 Å². The summed E-state index contributed by atoms with van der Waals surface area (Å²) in [6.07, 6.45) is 9.08. The molecular formula is C26H32FNO4. The predicted molar refractivity (Wildman–Crippen MR) is 123 cm³/mol. The molecule has 0 bridgehead atoms. The van der Waals surface area contributed by atoms with Crippen LogP contribution < -0.4 is 19.5 Å². The Bertz CT molecular complexity index is 899. The van der Waals surface area contributed by atoms with E-state index in [2.05, 4.69) is 17.5 Å². The molecule has 1 saturated heterocycles. The van der Waals surface area contributed by atoms with E-state index in [0.717, 1.165) is 67.8 Å². The first-order valence-corrected chi connectivity index (χ1v) is 11.5. The van der Waals surface area contributed by atoms with Gasteiger partial charge in [0.05, 0.1) is 6.61 Å². The van der Waals surface area contributed by atoms with E-state index in [1.807, 2.05) is 24.3 Å². The third-order valence-electron chi connectivity index (χ3n) is 6.19. The largest absolute Gasteiger partial charge is 0.492 e. The lowest BCUT2D eigenvalue weighted by atomic mass is 9.81. The molecule has 1 unspecified atom stereocenters. The number of benzene rings is 2. The number of aliphatic hydroxyl groups is 1. The molecular weight excluding hydrogens is 409 g/mol. The van der Waals surface area contributed by atoms with Gasteiger partial charge in [0.2, 0.25) is 6.79 Å². The summed E-state index contributed by atoms with van der Waals surface area (Å²) in [7, 11) is 0. The Morgan fingerprint density at radius 2 is 1.91 bits per heavy atom. The summed E-state index contributed by atoms with van der Waals surface area (Å²) < 4.78 is 30.8. The second-order valence-electron chi connectivity index (χ2n) is 8.44. The highest BCUT2D eigenvalue weighted by atomic mass is 19.1. The number of fused-ring (bicyclic) bond motifs is 1. The van der Waals surface area contributed by atoms with Crippen molar-refractivity contribution in [2.24, 2.45) is 5.92 Å². The van der Waals surface area contributed by atoms with E-state index in [0.29, 0.717) is 18.3 Å². The normalized spacial score (nSPS) is 20.1. The molecule has 2 aromatic rings. The van der Waals surface area contributed by atoms with E-state index in [-0.39, 0.29) is 25.1 Å². The minimum Gasteiger partial charge on any atom is -0.492 e. The lowest BCUT2D eigenvalue weighted by Crippen LogP contribution is -2.38. The fourth-order valence-electron chi connectivity index (χ4n) is 4.40. The maximum atomic E-state index is 13.4. The van der Waals surface area contributed by atoms with Crippen molar-refractivity contribution in [1.82, 2.24) is 5.32 Å². The molecule has 32 heavy (non-hydrogen) atoms. The van der Waals surface area contributed by atoms with Gasteiger partial charge in [0, 0.05) is 30.7 Å². The Morgan fingerprint density at radius 1 is 1.09 bits per heavy atom.